The van der Waals surface area contributed by atoms with E-state index in [1.807, 2.05) is 13.0 Å². The van der Waals surface area contributed by atoms with Crippen molar-refractivity contribution in [3.05, 3.63) is 65.5 Å². The maximum absolute atomic E-state index is 13.7. The Labute approximate surface area is 128 Å². The Morgan fingerprint density at radius 1 is 1.14 bits per heavy atom. The number of benzene rings is 1. The van der Waals surface area contributed by atoms with Crippen LogP contribution >= 0.6 is 0 Å². The predicted molar refractivity (Wildman–Crippen MR) is 89.9 cm³/mol. The molecule has 21 heavy (non-hydrogen) atoms. The van der Waals surface area contributed by atoms with Gasteiger partial charge in [-0.1, -0.05) is 56.2 Å². The van der Waals surface area contributed by atoms with Crippen molar-refractivity contribution >= 4 is 5.57 Å². The third kappa shape index (κ3) is 4.17. The Balaban J connectivity index is 2.17. The zero-order valence-electron chi connectivity index (χ0n) is 13.2. The van der Waals surface area contributed by atoms with Crippen molar-refractivity contribution in [1.29, 1.82) is 0 Å². The first-order valence-electron chi connectivity index (χ1n) is 7.91. The van der Waals surface area contributed by atoms with Gasteiger partial charge in [-0.25, -0.2) is 4.39 Å². The summed E-state index contributed by atoms with van der Waals surface area (Å²) in [5, 5.41) is 0. The zero-order chi connectivity index (χ0) is 15.2. The molecule has 1 aromatic carbocycles. The molecule has 1 heteroatoms. The largest absolute Gasteiger partial charge is 0.207 e. The number of rotatable bonds is 4. The zero-order valence-corrected chi connectivity index (χ0v) is 13.2. The number of halogens is 1. The molecular formula is C20H25F. The van der Waals surface area contributed by atoms with E-state index in [9.17, 15) is 4.39 Å². The smallest absolute Gasteiger partial charge is 0.126 e. The summed E-state index contributed by atoms with van der Waals surface area (Å²) in [6.07, 6.45) is 10.2. The van der Waals surface area contributed by atoms with Gasteiger partial charge >= 0.3 is 0 Å². The minimum absolute atomic E-state index is 0.251. The van der Waals surface area contributed by atoms with Crippen LogP contribution in [0.15, 0.2) is 54.4 Å². The molecule has 0 aliphatic heterocycles. The normalized spacial score (nSPS) is 17.9. The average Bonchev–Trinajstić information content (AvgIpc) is 2.53. The van der Waals surface area contributed by atoms with Crippen LogP contribution < -0.4 is 0 Å². The van der Waals surface area contributed by atoms with Crippen LogP contribution in [0.2, 0.25) is 0 Å². The van der Waals surface area contributed by atoms with Crippen LogP contribution in [0, 0.1) is 0 Å². The van der Waals surface area contributed by atoms with Crippen molar-refractivity contribution < 1.29 is 4.39 Å². The summed E-state index contributed by atoms with van der Waals surface area (Å²) in [6, 6.07) is 8.64. The standard InChI is InChI=1S/C20H25F/c1-4-16(14-20(21)15(2)3)18-10-12-19(13-11-18)17-8-6-5-7-9-17/h4,10-14,17H,2,5-9H2,1,3H3/b16-4+,20-14+. The van der Waals surface area contributed by atoms with E-state index < -0.39 is 0 Å². The molecule has 0 nitrogen and oxygen atoms in total. The first-order valence-corrected chi connectivity index (χ1v) is 7.91. The van der Waals surface area contributed by atoms with E-state index in [4.69, 9.17) is 0 Å². The second-order valence-corrected chi connectivity index (χ2v) is 5.97. The molecule has 0 bridgehead atoms. The van der Waals surface area contributed by atoms with E-state index in [1.54, 1.807) is 13.0 Å². The minimum Gasteiger partial charge on any atom is -0.207 e. The van der Waals surface area contributed by atoms with Gasteiger partial charge in [0.2, 0.25) is 0 Å². The van der Waals surface area contributed by atoms with E-state index in [0.717, 1.165) is 11.1 Å². The van der Waals surface area contributed by atoms with E-state index in [1.165, 1.54) is 37.7 Å². The maximum atomic E-state index is 13.7. The highest BCUT2D eigenvalue weighted by Gasteiger charge is 2.15. The summed E-state index contributed by atoms with van der Waals surface area (Å²) in [4.78, 5) is 0. The molecule has 1 aliphatic carbocycles. The molecule has 1 aromatic rings. The van der Waals surface area contributed by atoms with Crippen LogP contribution in [0.3, 0.4) is 0 Å². The molecule has 0 spiro atoms. The van der Waals surface area contributed by atoms with E-state index in [-0.39, 0.29) is 5.83 Å². The van der Waals surface area contributed by atoms with Crippen LogP contribution in [0.5, 0.6) is 0 Å². The number of allylic oxidation sites excluding steroid dienone is 5. The molecule has 1 saturated carbocycles. The molecule has 0 aromatic heterocycles. The Morgan fingerprint density at radius 2 is 1.76 bits per heavy atom. The van der Waals surface area contributed by atoms with Gasteiger partial charge in [0.25, 0.3) is 0 Å². The van der Waals surface area contributed by atoms with Crippen LogP contribution in [-0.4, -0.2) is 0 Å². The lowest BCUT2D eigenvalue weighted by atomic mass is 9.83. The van der Waals surface area contributed by atoms with Crippen LogP contribution in [0.1, 0.15) is 63.0 Å². The van der Waals surface area contributed by atoms with E-state index >= 15 is 0 Å². The monoisotopic (exact) mass is 284 g/mol. The molecule has 2 rings (SSSR count). The third-order valence-electron chi connectivity index (χ3n) is 4.32. The van der Waals surface area contributed by atoms with Crippen molar-refractivity contribution in [2.45, 2.75) is 51.9 Å². The molecule has 0 heterocycles. The van der Waals surface area contributed by atoms with Crippen molar-refractivity contribution in [2.24, 2.45) is 0 Å². The van der Waals surface area contributed by atoms with Crippen molar-refractivity contribution in [3.8, 4) is 0 Å². The lowest BCUT2D eigenvalue weighted by Crippen LogP contribution is -2.04. The van der Waals surface area contributed by atoms with Crippen molar-refractivity contribution in [1.82, 2.24) is 0 Å². The molecule has 1 aliphatic rings. The second-order valence-electron chi connectivity index (χ2n) is 5.97. The topological polar surface area (TPSA) is 0 Å². The van der Waals surface area contributed by atoms with Crippen molar-refractivity contribution in [3.63, 3.8) is 0 Å². The summed E-state index contributed by atoms with van der Waals surface area (Å²) in [5.41, 5.74) is 3.87. The highest BCUT2D eigenvalue weighted by atomic mass is 19.1. The van der Waals surface area contributed by atoms with Crippen molar-refractivity contribution in [2.75, 3.05) is 0 Å². The fourth-order valence-electron chi connectivity index (χ4n) is 2.98. The second kappa shape index (κ2) is 7.40. The van der Waals surface area contributed by atoms with Gasteiger partial charge in [-0.05, 0) is 61.0 Å². The Kier molecular flexibility index (Phi) is 5.55. The fraction of sp³-hybridized carbons (Fsp3) is 0.400. The fourth-order valence-corrected chi connectivity index (χ4v) is 2.98. The van der Waals surface area contributed by atoms with Gasteiger partial charge in [0.1, 0.15) is 5.83 Å². The van der Waals surface area contributed by atoms with Gasteiger partial charge < -0.3 is 0 Å². The maximum Gasteiger partial charge on any atom is 0.126 e. The highest BCUT2D eigenvalue weighted by molar-refractivity contribution is 5.75. The summed E-state index contributed by atoms with van der Waals surface area (Å²) in [5.74, 6) is 0.462. The summed E-state index contributed by atoms with van der Waals surface area (Å²) in [6.45, 7) is 7.26. The predicted octanol–water partition coefficient (Wildman–Crippen LogP) is 6.57. The Hall–Kier alpha value is -1.63. The molecule has 112 valence electrons. The molecule has 0 saturated heterocycles. The number of hydrogen-bond acceptors (Lipinski definition) is 0. The van der Waals surface area contributed by atoms with E-state index in [0.29, 0.717) is 11.5 Å². The summed E-state index contributed by atoms with van der Waals surface area (Å²) >= 11 is 0. The van der Waals surface area contributed by atoms with Crippen LogP contribution in [-0.2, 0) is 0 Å². The quantitative estimate of drug-likeness (QED) is 0.549. The molecular weight excluding hydrogens is 259 g/mol. The molecule has 0 unspecified atom stereocenters. The Morgan fingerprint density at radius 3 is 2.29 bits per heavy atom. The van der Waals surface area contributed by atoms with Gasteiger partial charge in [0.15, 0.2) is 0 Å². The van der Waals surface area contributed by atoms with Gasteiger partial charge in [-0.3, -0.25) is 0 Å². The van der Waals surface area contributed by atoms with E-state index in [2.05, 4.69) is 30.8 Å². The molecule has 0 radical (unpaired) electrons. The summed E-state index contributed by atoms with van der Waals surface area (Å²) < 4.78 is 13.7. The first-order chi connectivity index (χ1) is 10.1. The first kappa shape index (κ1) is 15.8. The van der Waals surface area contributed by atoms with Crippen LogP contribution in [0.4, 0.5) is 4.39 Å². The van der Waals surface area contributed by atoms with Gasteiger partial charge in [0.05, 0.1) is 0 Å². The minimum atomic E-state index is -0.251. The van der Waals surface area contributed by atoms with Crippen LogP contribution in [0.25, 0.3) is 5.57 Å². The lowest BCUT2D eigenvalue weighted by molar-refractivity contribution is 0.443. The van der Waals surface area contributed by atoms with Gasteiger partial charge in [0, 0.05) is 0 Å². The highest BCUT2D eigenvalue weighted by Crippen LogP contribution is 2.33. The summed E-state index contributed by atoms with van der Waals surface area (Å²) in [7, 11) is 0. The average molecular weight is 284 g/mol. The van der Waals surface area contributed by atoms with Gasteiger partial charge in [-0.2, -0.15) is 0 Å². The van der Waals surface area contributed by atoms with Gasteiger partial charge in [-0.15, -0.1) is 0 Å². The molecule has 0 amide bonds. The Bertz CT molecular complexity index is 540. The third-order valence-corrected chi connectivity index (χ3v) is 4.32. The number of hydrogen-bond donors (Lipinski definition) is 0. The molecule has 0 N–H and O–H groups in total. The SMILES string of the molecule is C=C(C)/C(F)=C\C(=C/C)c1ccc(C2CCCCC2)cc1. The molecule has 0 atom stereocenters. The molecule has 1 fully saturated rings. The lowest BCUT2D eigenvalue weighted by Gasteiger charge is -2.22.